The summed E-state index contributed by atoms with van der Waals surface area (Å²) in [5, 5.41) is 14.5. The summed E-state index contributed by atoms with van der Waals surface area (Å²) in [4.78, 5) is 11.7. The molecule has 0 saturated carbocycles. The average molecular weight is 303 g/mol. The van der Waals surface area contributed by atoms with Gasteiger partial charge in [0.2, 0.25) is 0 Å². The Morgan fingerprint density at radius 3 is 2.70 bits per heavy atom. The number of urea groups is 1. The zero-order chi connectivity index (χ0) is 15.1. The SMILES string of the molecule is CC(C)CC(CO)NC(=O)NCc1ccc(F)c(Cl)c1. The van der Waals surface area contributed by atoms with Crippen molar-refractivity contribution in [3.63, 3.8) is 0 Å². The largest absolute Gasteiger partial charge is 0.394 e. The first-order valence-corrected chi connectivity index (χ1v) is 6.89. The van der Waals surface area contributed by atoms with Gasteiger partial charge in [-0.05, 0) is 30.0 Å². The minimum atomic E-state index is -0.489. The molecule has 0 saturated heterocycles. The van der Waals surface area contributed by atoms with Crippen molar-refractivity contribution in [1.82, 2.24) is 10.6 Å². The Hall–Kier alpha value is -1.33. The number of hydrogen-bond donors (Lipinski definition) is 3. The molecule has 4 nitrogen and oxygen atoms in total. The van der Waals surface area contributed by atoms with E-state index in [4.69, 9.17) is 11.6 Å². The molecule has 112 valence electrons. The molecule has 2 amide bonds. The lowest BCUT2D eigenvalue weighted by atomic mass is 10.0. The van der Waals surface area contributed by atoms with E-state index in [1.165, 1.54) is 12.1 Å². The number of rotatable bonds is 6. The van der Waals surface area contributed by atoms with E-state index < -0.39 is 5.82 Å². The van der Waals surface area contributed by atoms with Crippen molar-refractivity contribution in [2.45, 2.75) is 32.9 Å². The molecule has 1 rings (SSSR count). The molecule has 0 fully saturated rings. The molecule has 0 heterocycles. The maximum atomic E-state index is 13.0. The summed E-state index contributed by atoms with van der Waals surface area (Å²) in [6.07, 6.45) is 0.701. The van der Waals surface area contributed by atoms with Crippen LogP contribution < -0.4 is 10.6 Å². The van der Waals surface area contributed by atoms with Gasteiger partial charge in [0, 0.05) is 6.54 Å². The van der Waals surface area contributed by atoms with Gasteiger partial charge in [0.1, 0.15) is 5.82 Å². The highest BCUT2D eigenvalue weighted by molar-refractivity contribution is 6.30. The van der Waals surface area contributed by atoms with Gasteiger partial charge in [-0.1, -0.05) is 31.5 Å². The molecule has 0 aliphatic carbocycles. The number of halogens is 2. The second kappa shape index (κ2) is 8.07. The van der Waals surface area contributed by atoms with Crippen LogP contribution in [0.1, 0.15) is 25.8 Å². The Bertz CT molecular complexity index is 455. The first-order valence-electron chi connectivity index (χ1n) is 6.51. The zero-order valence-electron chi connectivity index (χ0n) is 11.6. The number of carbonyl (C=O) groups is 1. The van der Waals surface area contributed by atoms with E-state index in [1.54, 1.807) is 6.07 Å². The molecule has 3 N–H and O–H groups in total. The lowest BCUT2D eigenvalue weighted by molar-refractivity contribution is 0.206. The van der Waals surface area contributed by atoms with Gasteiger partial charge in [-0.25, -0.2) is 9.18 Å². The lowest BCUT2D eigenvalue weighted by Gasteiger charge is -2.18. The highest BCUT2D eigenvalue weighted by atomic mass is 35.5. The molecular weight excluding hydrogens is 283 g/mol. The lowest BCUT2D eigenvalue weighted by Crippen LogP contribution is -2.44. The topological polar surface area (TPSA) is 61.4 Å². The number of amides is 2. The Morgan fingerprint density at radius 2 is 2.15 bits per heavy atom. The number of benzene rings is 1. The Balaban J connectivity index is 2.44. The van der Waals surface area contributed by atoms with Crippen LogP contribution in [-0.2, 0) is 6.54 Å². The van der Waals surface area contributed by atoms with Crippen molar-refractivity contribution in [1.29, 1.82) is 0 Å². The van der Waals surface area contributed by atoms with Crippen LogP contribution in [0, 0.1) is 11.7 Å². The molecule has 1 aromatic carbocycles. The van der Waals surface area contributed by atoms with Crippen LogP contribution in [0.3, 0.4) is 0 Å². The van der Waals surface area contributed by atoms with Crippen LogP contribution in [-0.4, -0.2) is 23.8 Å². The first kappa shape index (κ1) is 16.7. The second-order valence-electron chi connectivity index (χ2n) is 5.08. The number of aliphatic hydroxyl groups is 1. The van der Waals surface area contributed by atoms with Crippen molar-refractivity contribution in [3.8, 4) is 0 Å². The standard InChI is InChI=1S/C14H20ClFN2O2/c1-9(2)5-11(8-19)18-14(20)17-7-10-3-4-13(16)12(15)6-10/h3-4,6,9,11,19H,5,7-8H2,1-2H3,(H2,17,18,20). The van der Waals surface area contributed by atoms with E-state index in [2.05, 4.69) is 10.6 Å². The van der Waals surface area contributed by atoms with Crippen molar-refractivity contribution in [2.75, 3.05) is 6.61 Å². The summed E-state index contributed by atoms with van der Waals surface area (Å²) >= 11 is 5.66. The van der Waals surface area contributed by atoms with Crippen LogP contribution >= 0.6 is 11.6 Å². The monoisotopic (exact) mass is 302 g/mol. The molecule has 20 heavy (non-hydrogen) atoms. The molecule has 1 aromatic rings. The molecule has 1 atom stereocenters. The maximum absolute atomic E-state index is 13.0. The second-order valence-corrected chi connectivity index (χ2v) is 5.49. The van der Waals surface area contributed by atoms with Gasteiger partial charge in [-0.2, -0.15) is 0 Å². The third kappa shape index (κ3) is 5.75. The van der Waals surface area contributed by atoms with E-state index >= 15 is 0 Å². The van der Waals surface area contributed by atoms with Crippen LogP contribution in [0.5, 0.6) is 0 Å². The normalized spacial score (nSPS) is 12.3. The van der Waals surface area contributed by atoms with Crippen molar-refractivity contribution in [2.24, 2.45) is 5.92 Å². The predicted octanol–water partition coefficient (Wildman–Crippen LogP) is 2.69. The van der Waals surface area contributed by atoms with E-state index in [9.17, 15) is 14.3 Å². The fourth-order valence-corrected chi connectivity index (χ4v) is 2.02. The van der Waals surface area contributed by atoms with E-state index in [0.717, 1.165) is 0 Å². The van der Waals surface area contributed by atoms with Gasteiger partial charge in [0.05, 0.1) is 17.7 Å². The van der Waals surface area contributed by atoms with Crippen molar-refractivity contribution >= 4 is 17.6 Å². The molecule has 0 aliphatic heterocycles. The highest BCUT2D eigenvalue weighted by Crippen LogP contribution is 2.15. The summed E-state index contributed by atoms with van der Waals surface area (Å²) in [5.74, 6) is -0.111. The fraction of sp³-hybridized carbons (Fsp3) is 0.500. The third-order valence-corrected chi connectivity index (χ3v) is 3.04. The number of carbonyl (C=O) groups excluding carboxylic acids is 1. The fourth-order valence-electron chi connectivity index (χ4n) is 1.82. The third-order valence-electron chi connectivity index (χ3n) is 2.75. The molecule has 0 bridgehead atoms. The molecular formula is C14H20ClFN2O2. The Morgan fingerprint density at radius 1 is 1.45 bits per heavy atom. The minimum Gasteiger partial charge on any atom is -0.394 e. The predicted molar refractivity (Wildman–Crippen MR) is 77.1 cm³/mol. The number of hydrogen-bond acceptors (Lipinski definition) is 2. The van der Waals surface area contributed by atoms with Gasteiger partial charge in [0.25, 0.3) is 0 Å². The highest BCUT2D eigenvalue weighted by Gasteiger charge is 2.12. The van der Waals surface area contributed by atoms with Crippen molar-refractivity contribution < 1.29 is 14.3 Å². The van der Waals surface area contributed by atoms with E-state index in [0.29, 0.717) is 17.9 Å². The molecule has 0 spiro atoms. The van der Waals surface area contributed by atoms with Gasteiger partial charge >= 0.3 is 6.03 Å². The minimum absolute atomic E-state index is 0.0257. The van der Waals surface area contributed by atoms with Gasteiger partial charge in [0.15, 0.2) is 0 Å². The maximum Gasteiger partial charge on any atom is 0.315 e. The summed E-state index contributed by atoms with van der Waals surface area (Å²) in [7, 11) is 0. The average Bonchev–Trinajstić information content (AvgIpc) is 2.39. The number of aliphatic hydroxyl groups excluding tert-OH is 1. The molecule has 1 unspecified atom stereocenters. The van der Waals surface area contributed by atoms with Crippen LogP contribution in [0.2, 0.25) is 5.02 Å². The van der Waals surface area contributed by atoms with Gasteiger partial charge in [-0.3, -0.25) is 0 Å². The van der Waals surface area contributed by atoms with E-state index in [1.807, 2.05) is 13.8 Å². The molecule has 6 heteroatoms. The Labute approximate surface area is 123 Å². The summed E-state index contributed by atoms with van der Waals surface area (Å²) in [6, 6.07) is 3.64. The van der Waals surface area contributed by atoms with Crippen LogP contribution in [0.25, 0.3) is 0 Å². The van der Waals surface area contributed by atoms with Crippen LogP contribution in [0.15, 0.2) is 18.2 Å². The molecule has 0 radical (unpaired) electrons. The molecule has 0 aliphatic rings. The quantitative estimate of drug-likeness (QED) is 0.756. The van der Waals surface area contributed by atoms with Gasteiger partial charge in [-0.15, -0.1) is 0 Å². The zero-order valence-corrected chi connectivity index (χ0v) is 12.4. The van der Waals surface area contributed by atoms with Gasteiger partial charge < -0.3 is 15.7 Å². The summed E-state index contributed by atoms with van der Waals surface area (Å²) in [5.41, 5.74) is 0.705. The first-order chi connectivity index (χ1) is 9.42. The van der Waals surface area contributed by atoms with Crippen molar-refractivity contribution in [3.05, 3.63) is 34.6 Å². The Kier molecular flexibility index (Phi) is 6.75. The summed E-state index contributed by atoms with van der Waals surface area (Å²) < 4.78 is 13.0. The molecule has 0 aromatic heterocycles. The van der Waals surface area contributed by atoms with E-state index in [-0.39, 0.29) is 30.2 Å². The van der Waals surface area contributed by atoms with Crippen LogP contribution in [0.4, 0.5) is 9.18 Å². The summed E-state index contributed by atoms with van der Waals surface area (Å²) in [6.45, 7) is 4.17. The number of nitrogens with one attached hydrogen (secondary N) is 2. The smallest absolute Gasteiger partial charge is 0.315 e.